The molecule has 34 heavy (non-hydrogen) atoms. The molecule has 1 amide bonds. The van der Waals surface area contributed by atoms with Gasteiger partial charge in [0.25, 0.3) is 5.56 Å². The number of hydrogen-bond acceptors (Lipinski definition) is 7. The van der Waals surface area contributed by atoms with Gasteiger partial charge in [0.2, 0.25) is 11.8 Å². The molecule has 4 heterocycles. The second-order valence-corrected chi connectivity index (χ2v) is 8.73. The van der Waals surface area contributed by atoms with Crippen molar-refractivity contribution < 1.29 is 23.8 Å². The molecule has 1 spiro atoms. The van der Waals surface area contributed by atoms with Crippen LogP contribution in [0.2, 0.25) is 0 Å². The highest BCUT2D eigenvalue weighted by Gasteiger charge is 2.62. The molecule has 0 aliphatic carbocycles. The fourth-order valence-corrected chi connectivity index (χ4v) is 5.47. The van der Waals surface area contributed by atoms with Crippen molar-refractivity contribution in [1.29, 1.82) is 0 Å². The molecule has 3 aliphatic rings. The van der Waals surface area contributed by atoms with Crippen LogP contribution < -0.4 is 20.9 Å². The van der Waals surface area contributed by atoms with E-state index in [9.17, 15) is 14.4 Å². The number of methoxy groups -OCH3 is 1. The summed E-state index contributed by atoms with van der Waals surface area (Å²) in [6.45, 7) is 4.97. The maximum absolute atomic E-state index is 14.2. The van der Waals surface area contributed by atoms with E-state index < -0.39 is 22.9 Å². The zero-order valence-corrected chi connectivity index (χ0v) is 19.4. The number of anilines is 1. The van der Waals surface area contributed by atoms with E-state index in [0.29, 0.717) is 36.6 Å². The van der Waals surface area contributed by atoms with Crippen molar-refractivity contribution in [3.8, 4) is 5.75 Å². The standard InChI is InChI=1S/C25H27N3O6/c1-4-27-17-10-6-5-9-16(17)25(24(27)31)19-18(34-21(26)20(25)23(30)32-3)12-14(2)28(22(19)29)13-15-8-7-11-33-15/h5-6,9-10,12,15H,4,7-8,11,13,26H2,1-3H3/t15-,25+/m0/s1. The molecule has 1 aromatic carbocycles. The number of aromatic nitrogens is 1. The number of amides is 1. The van der Waals surface area contributed by atoms with Gasteiger partial charge in [-0.2, -0.15) is 0 Å². The maximum atomic E-state index is 14.2. The third kappa shape index (κ3) is 2.86. The number of esters is 1. The lowest BCUT2D eigenvalue weighted by Gasteiger charge is -2.36. The van der Waals surface area contributed by atoms with Gasteiger partial charge in [-0.25, -0.2) is 4.79 Å². The minimum Gasteiger partial charge on any atom is -0.465 e. The van der Waals surface area contributed by atoms with E-state index in [-0.39, 0.29) is 28.9 Å². The molecular formula is C25H27N3O6. The van der Waals surface area contributed by atoms with Gasteiger partial charge in [-0.05, 0) is 32.8 Å². The number of benzene rings is 1. The Morgan fingerprint density at radius 2 is 2.06 bits per heavy atom. The summed E-state index contributed by atoms with van der Waals surface area (Å²) >= 11 is 0. The molecule has 0 unspecified atom stereocenters. The number of hydrogen-bond donors (Lipinski definition) is 1. The highest BCUT2D eigenvalue weighted by molar-refractivity contribution is 6.18. The largest absolute Gasteiger partial charge is 0.465 e. The van der Waals surface area contributed by atoms with Gasteiger partial charge in [0.1, 0.15) is 16.7 Å². The van der Waals surface area contributed by atoms with Crippen molar-refractivity contribution in [3.63, 3.8) is 0 Å². The molecule has 0 bridgehead atoms. The lowest BCUT2D eigenvalue weighted by atomic mass is 9.68. The molecule has 1 fully saturated rings. The van der Waals surface area contributed by atoms with Gasteiger partial charge >= 0.3 is 5.97 Å². The van der Waals surface area contributed by atoms with E-state index in [2.05, 4.69) is 0 Å². The number of likely N-dealkylation sites (N-methyl/N-ethyl adjacent to an activating group) is 1. The molecule has 9 nitrogen and oxygen atoms in total. The van der Waals surface area contributed by atoms with E-state index in [4.69, 9.17) is 19.9 Å². The predicted molar refractivity (Wildman–Crippen MR) is 124 cm³/mol. The zero-order chi connectivity index (χ0) is 24.2. The summed E-state index contributed by atoms with van der Waals surface area (Å²) in [5.74, 6) is -1.35. The lowest BCUT2D eigenvalue weighted by Crippen LogP contribution is -2.52. The molecule has 5 rings (SSSR count). The SMILES string of the molecule is CCN1C(=O)[C@]2(C(C(=O)OC)=C(N)Oc3cc(C)n(C[C@@H]4CCCO4)c(=O)c32)c2ccccc21. The Balaban J connectivity index is 1.86. The molecule has 9 heteroatoms. The Morgan fingerprint density at radius 3 is 2.74 bits per heavy atom. The van der Waals surface area contributed by atoms with Gasteiger partial charge in [0, 0.05) is 36.2 Å². The monoisotopic (exact) mass is 465 g/mol. The van der Waals surface area contributed by atoms with Gasteiger partial charge < -0.3 is 29.4 Å². The first-order valence-corrected chi connectivity index (χ1v) is 11.4. The van der Waals surface area contributed by atoms with Crippen LogP contribution in [0.3, 0.4) is 0 Å². The number of carbonyl (C=O) groups excluding carboxylic acids is 2. The quantitative estimate of drug-likeness (QED) is 0.684. The average molecular weight is 466 g/mol. The Labute approximate surface area is 196 Å². The van der Waals surface area contributed by atoms with Gasteiger partial charge in [0.15, 0.2) is 0 Å². The minimum atomic E-state index is -1.78. The number of nitrogens with zero attached hydrogens (tertiary/aromatic N) is 2. The summed E-state index contributed by atoms with van der Waals surface area (Å²) < 4.78 is 18.2. The highest BCUT2D eigenvalue weighted by atomic mass is 16.5. The van der Waals surface area contributed by atoms with Crippen molar-refractivity contribution in [2.24, 2.45) is 5.73 Å². The van der Waals surface area contributed by atoms with Crippen LogP contribution in [0.5, 0.6) is 5.75 Å². The molecule has 1 saturated heterocycles. The number of carbonyl (C=O) groups is 2. The van der Waals surface area contributed by atoms with Crippen LogP contribution in [-0.4, -0.2) is 42.8 Å². The number of aryl methyl sites for hydroxylation is 1. The summed E-state index contributed by atoms with van der Waals surface area (Å²) in [6.07, 6.45) is 1.67. The fraction of sp³-hybridized carbons (Fsp3) is 0.400. The molecule has 3 aliphatic heterocycles. The number of para-hydroxylation sites is 1. The summed E-state index contributed by atoms with van der Waals surface area (Å²) in [5.41, 5.74) is 5.71. The predicted octanol–water partition coefficient (Wildman–Crippen LogP) is 1.72. The molecular weight excluding hydrogens is 438 g/mol. The number of nitrogens with two attached hydrogens (primary N) is 1. The Kier molecular flexibility index (Phi) is 5.24. The van der Waals surface area contributed by atoms with Crippen molar-refractivity contribution in [1.82, 2.24) is 4.57 Å². The van der Waals surface area contributed by atoms with Crippen LogP contribution in [0.4, 0.5) is 5.69 Å². The molecule has 0 radical (unpaired) electrons. The normalized spacial score (nSPS) is 23.2. The van der Waals surface area contributed by atoms with Crippen LogP contribution in [0.1, 0.15) is 36.6 Å². The van der Waals surface area contributed by atoms with Crippen molar-refractivity contribution in [2.45, 2.75) is 44.8 Å². The Bertz CT molecular complexity index is 1290. The number of fused-ring (bicyclic) bond motifs is 4. The number of rotatable bonds is 4. The van der Waals surface area contributed by atoms with E-state index in [1.807, 2.05) is 13.0 Å². The molecule has 1 aromatic heterocycles. The van der Waals surface area contributed by atoms with Gasteiger partial charge in [-0.1, -0.05) is 18.2 Å². The van der Waals surface area contributed by atoms with Crippen molar-refractivity contribution in [2.75, 3.05) is 25.2 Å². The summed E-state index contributed by atoms with van der Waals surface area (Å²) in [4.78, 5) is 43.0. The Hall–Kier alpha value is -3.59. The van der Waals surface area contributed by atoms with Gasteiger partial charge in [0.05, 0.1) is 25.3 Å². The summed E-state index contributed by atoms with van der Waals surface area (Å²) in [5, 5.41) is 0. The lowest BCUT2D eigenvalue weighted by molar-refractivity contribution is -0.138. The third-order valence-electron chi connectivity index (χ3n) is 6.97. The second-order valence-electron chi connectivity index (χ2n) is 8.73. The zero-order valence-electron chi connectivity index (χ0n) is 19.4. The van der Waals surface area contributed by atoms with E-state index >= 15 is 0 Å². The third-order valence-corrected chi connectivity index (χ3v) is 6.97. The van der Waals surface area contributed by atoms with Crippen LogP contribution in [-0.2, 0) is 31.0 Å². The highest BCUT2D eigenvalue weighted by Crippen LogP contribution is 2.54. The minimum absolute atomic E-state index is 0.0686. The van der Waals surface area contributed by atoms with Crippen LogP contribution >= 0.6 is 0 Å². The molecule has 2 atom stereocenters. The molecule has 178 valence electrons. The smallest absolute Gasteiger partial charge is 0.340 e. The van der Waals surface area contributed by atoms with Gasteiger partial charge in [-0.15, -0.1) is 0 Å². The fourth-order valence-electron chi connectivity index (χ4n) is 5.47. The average Bonchev–Trinajstić information content (AvgIpc) is 3.41. The number of pyridine rings is 1. The topological polar surface area (TPSA) is 113 Å². The van der Waals surface area contributed by atoms with Crippen LogP contribution in [0, 0.1) is 6.92 Å². The van der Waals surface area contributed by atoms with E-state index in [0.717, 1.165) is 12.8 Å². The van der Waals surface area contributed by atoms with Crippen molar-refractivity contribution >= 4 is 17.6 Å². The van der Waals surface area contributed by atoms with Gasteiger partial charge in [-0.3, -0.25) is 9.59 Å². The van der Waals surface area contributed by atoms with Crippen LogP contribution in [0.25, 0.3) is 0 Å². The first-order chi connectivity index (χ1) is 16.4. The second kappa shape index (κ2) is 8.02. The summed E-state index contributed by atoms with van der Waals surface area (Å²) in [7, 11) is 1.21. The molecule has 0 saturated carbocycles. The maximum Gasteiger partial charge on any atom is 0.340 e. The van der Waals surface area contributed by atoms with Crippen molar-refractivity contribution in [3.05, 3.63) is 69.0 Å². The molecule has 2 N–H and O–H groups in total. The number of ether oxygens (including phenoxy) is 3. The van der Waals surface area contributed by atoms with E-state index in [1.165, 1.54) is 7.11 Å². The first kappa shape index (κ1) is 22.2. The summed E-state index contributed by atoms with van der Waals surface area (Å²) in [6, 6.07) is 8.82. The Morgan fingerprint density at radius 1 is 1.29 bits per heavy atom. The first-order valence-electron chi connectivity index (χ1n) is 11.4. The van der Waals surface area contributed by atoms with Crippen LogP contribution in [0.15, 0.2) is 46.6 Å². The molecule has 2 aromatic rings. The van der Waals surface area contributed by atoms with E-state index in [1.54, 1.807) is 40.7 Å².